The van der Waals surface area contributed by atoms with Crippen LogP contribution in [0.25, 0.3) is 0 Å². The number of rotatable bonds is 4. The van der Waals surface area contributed by atoms with Gasteiger partial charge >= 0.3 is 12.2 Å². The van der Waals surface area contributed by atoms with Crippen molar-refractivity contribution in [2.75, 3.05) is 11.9 Å². The van der Waals surface area contributed by atoms with Gasteiger partial charge in [0.15, 0.2) is 0 Å². The van der Waals surface area contributed by atoms with Crippen molar-refractivity contribution in [1.82, 2.24) is 10.3 Å². The number of urea groups is 1. The van der Waals surface area contributed by atoms with Gasteiger partial charge in [0.2, 0.25) is 0 Å². The zero-order valence-electron chi connectivity index (χ0n) is 10.9. The predicted molar refractivity (Wildman–Crippen MR) is 73.1 cm³/mol. The van der Waals surface area contributed by atoms with Gasteiger partial charge in [0.25, 0.3) is 0 Å². The molecule has 0 aliphatic rings. The van der Waals surface area contributed by atoms with E-state index in [9.17, 15) is 18.0 Å². The molecule has 1 atom stereocenters. The molecular weight excluding hydrogens is 283 g/mol. The first kappa shape index (κ1) is 15.0. The molecule has 7 heteroatoms. The van der Waals surface area contributed by atoms with Crippen LogP contribution in [0.4, 0.5) is 23.7 Å². The summed E-state index contributed by atoms with van der Waals surface area (Å²) in [5.74, 6) is -1.77. The molecule has 21 heavy (non-hydrogen) atoms. The van der Waals surface area contributed by atoms with Gasteiger partial charge in [-0.25, -0.2) is 4.79 Å². The number of carbonyl (C=O) groups is 1. The number of hydrogen-bond donors (Lipinski definition) is 3. The highest BCUT2D eigenvalue weighted by Crippen LogP contribution is 2.33. The highest BCUT2D eigenvalue weighted by Gasteiger charge is 2.41. The molecular formula is C14H14F3N3O. The summed E-state index contributed by atoms with van der Waals surface area (Å²) in [4.78, 5) is 14.1. The van der Waals surface area contributed by atoms with Gasteiger partial charge in [0.1, 0.15) is 5.92 Å². The molecule has 1 heterocycles. The van der Waals surface area contributed by atoms with E-state index < -0.39 is 24.7 Å². The molecule has 0 spiro atoms. The SMILES string of the molecule is O=C(NCC(c1ccc[nH]1)C(F)(F)F)Nc1ccccc1. The van der Waals surface area contributed by atoms with Crippen LogP contribution in [0.5, 0.6) is 0 Å². The van der Waals surface area contributed by atoms with Crippen molar-refractivity contribution >= 4 is 11.7 Å². The lowest BCUT2D eigenvalue weighted by molar-refractivity contribution is -0.149. The first-order valence-corrected chi connectivity index (χ1v) is 6.26. The minimum absolute atomic E-state index is 0.0162. The molecule has 3 N–H and O–H groups in total. The average Bonchev–Trinajstić information content (AvgIpc) is 2.92. The lowest BCUT2D eigenvalue weighted by Crippen LogP contribution is -2.37. The summed E-state index contributed by atoms with van der Waals surface area (Å²) in [7, 11) is 0. The summed E-state index contributed by atoms with van der Waals surface area (Å²) in [5.41, 5.74) is 0.529. The number of amides is 2. The molecule has 1 aromatic heterocycles. The van der Waals surface area contributed by atoms with E-state index in [1.165, 1.54) is 18.3 Å². The van der Waals surface area contributed by atoms with Gasteiger partial charge in [0.05, 0.1) is 0 Å². The second-order valence-electron chi connectivity index (χ2n) is 4.42. The predicted octanol–water partition coefficient (Wildman–Crippen LogP) is 3.48. The van der Waals surface area contributed by atoms with Gasteiger partial charge in [-0.3, -0.25) is 0 Å². The van der Waals surface area contributed by atoms with Crippen molar-refractivity contribution in [3.63, 3.8) is 0 Å². The lowest BCUT2D eigenvalue weighted by atomic mass is 10.1. The van der Waals surface area contributed by atoms with Crippen LogP contribution in [-0.2, 0) is 0 Å². The Morgan fingerprint density at radius 2 is 1.86 bits per heavy atom. The third kappa shape index (κ3) is 4.27. The van der Waals surface area contributed by atoms with Crippen molar-refractivity contribution in [2.24, 2.45) is 0 Å². The monoisotopic (exact) mass is 297 g/mol. The zero-order chi connectivity index (χ0) is 15.3. The fourth-order valence-corrected chi connectivity index (χ4v) is 1.85. The van der Waals surface area contributed by atoms with Crippen LogP contribution in [0.2, 0.25) is 0 Å². The molecule has 0 radical (unpaired) electrons. The molecule has 2 aromatic rings. The van der Waals surface area contributed by atoms with Crippen LogP contribution in [0.1, 0.15) is 11.6 Å². The maximum absolute atomic E-state index is 13.0. The third-order valence-corrected chi connectivity index (χ3v) is 2.89. The molecule has 1 aromatic carbocycles. The maximum Gasteiger partial charge on any atom is 0.398 e. The highest BCUT2D eigenvalue weighted by molar-refractivity contribution is 5.89. The topological polar surface area (TPSA) is 56.9 Å². The van der Waals surface area contributed by atoms with Crippen molar-refractivity contribution in [2.45, 2.75) is 12.1 Å². The number of alkyl halides is 3. The van der Waals surface area contributed by atoms with Crippen molar-refractivity contribution in [3.8, 4) is 0 Å². The van der Waals surface area contributed by atoms with Gasteiger partial charge in [-0.2, -0.15) is 13.2 Å². The minimum Gasteiger partial charge on any atom is -0.364 e. The fourth-order valence-electron chi connectivity index (χ4n) is 1.85. The Kier molecular flexibility index (Phi) is 4.52. The van der Waals surface area contributed by atoms with E-state index in [0.29, 0.717) is 5.69 Å². The van der Waals surface area contributed by atoms with E-state index >= 15 is 0 Å². The van der Waals surface area contributed by atoms with Crippen molar-refractivity contribution < 1.29 is 18.0 Å². The van der Waals surface area contributed by atoms with Gasteiger partial charge in [-0.15, -0.1) is 0 Å². The van der Waals surface area contributed by atoms with Crippen LogP contribution < -0.4 is 10.6 Å². The summed E-state index contributed by atoms with van der Waals surface area (Å²) < 4.78 is 38.9. The summed E-state index contributed by atoms with van der Waals surface area (Å²) in [6, 6.07) is 10.6. The van der Waals surface area contributed by atoms with Crippen LogP contribution >= 0.6 is 0 Å². The summed E-state index contributed by atoms with van der Waals surface area (Å²) in [6.45, 7) is -0.539. The first-order valence-electron chi connectivity index (χ1n) is 6.26. The second kappa shape index (κ2) is 6.34. The molecule has 112 valence electrons. The van der Waals surface area contributed by atoms with Gasteiger partial charge in [-0.05, 0) is 24.3 Å². The molecule has 0 aliphatic heterocycles. The van der Waals surface area contributed by atoms with Crippen LogP contribution in [0.3, 0.4) is 0 Å². The number of benzene rings is 1. The number of para-hydroxylation sites is 1. The largest absolute Gasteiger partial charge is 0.398 e. The molecule has 0 aliphatic carbocycles. The normalized spacial score (nSPS) is 12.7. The smallest absolute Gasteiger partial charge is 0.364 e. The van der Waals surface area contributed by atoms with Gasteiger partial charge in [-0.1, -0.05) is 18.2 Å². The number of carbonyl (C=O) groups excluding carboxylic acids is 1. The van der Waals surface area contributed by atoms with Crippen molar-refractivity contribution in [3.05, 3.63) is 54.4 Å². The minimum atomic E-state index is -4.44. The van der Waals surface area contributed by atoms with E-state index in [-0.39, 0.29) is 5.69 Å². The standard InChI is InChI=1S/C14H14F3N3O/c15-14(16,17)11(12-7-4-8-18-12)9-19-13(21)20-10-5-2-1-3-6-10/h1-8,11,18H,9H2,(H2,19,20,21). The number of aromatic nitrogens is 1. The Morgan fingerprint density at radius 3 is 2.43 bits per heavy atom. The summed E-state index contributed by atoms with van der Waals surface area (Å²) in [5, 5.41) is 4.70. The third-order valence-electron chi connectivity index (χ3n) is 2.89. The zero-order valence-corrected chi connectivity index (χ0v) is 10.9. The Bertz CT molecular complexity index is 567. The van der Waals surface area contributed by atoms with Crippen LogP contribution in [0.15, 0.2) is 48.7 Å². The molecule has 2 rings (SSSR count). The van der Waals surface area contributed by atoms with Crippen LogP contribution in [0, 0.1) is 0 Å². The maximum atomic E-state index is 13.0. The molecule has 4 nitrogen and oxygen atoms in total. The van der Waals surface area contributed by atoms with E-state index in [0.717, 1.165) is 0 Å². The molecule has 0 bridgehead atoms. The van der Waals surface area contributed by atoms with E-state index in [2.05, 4.69) is 15.6 Å². The molecule has 1 unspecified atom stereocenters. The quantitative estimate of drug-likeness (QED) is 0.795. The Hall–Kier alpha value is -2.44. The summed E-state index contributed by atoms with van der Waals surface area (Å²) in [6.07, 6.45) is -3.02. The second-order valence-corrected chi connectivity index (χ2v) is 4.42. The van der Waals surface area contributed by atoms with Gasteiger partial charge < -0.3 is 15.6 Å². The Morgan fingerprint density at radius 1 is 1.14 bits per heavy atom. The Balaban J connectivity index is 1.95. The number of hydrogen-bond acceptors (Lipinski definition) is 1. The molecule has 0 fully saturated rings. The van der Waals surface area contributed by atoms with Crippen LogP contribution in [-0.4, -0.2) is 23.7 Å². The molecule has 0 saturated carbocycles. The number of aromatic amines is 1. The van der Waals surface area contributed by atoms with E-state index in [1.54, 1.807) is 30.3 Å². The fraction of sp³-hybridized carbons (Fsp3) is 0.214. The highest BCUT2D eigenvalue weighted by atomic mass is 19.4. The number of anilines is 1. The van der Waals surface area contributed by atoms with E-state index in [4.69, 9.17) is 0 Å². The molecule has 0 saturated heterocycles. The number of H-pyrrole nitrogens is 1. The lowest BCUT2D eigenvalue weighted by Gasteiger charge is -2.20. The van der Waals surface area contributed by atoms with Gasteiger partial charge in [0, 0.05) is 24.1 Å². The summed E-state index contributed by atoms with van der Waals surface area (Å²) >= 11 is 0. The van der Waals surface area contributed by atoms with Crippen molar-refractivity contribution in [1.29, 1.82) is 0 Å². The Labute approximate surface area is 119 Å². The average molecular weight is 297 g/mol. The molecule has 2 amide bonds. The number of halogens is 3. The van der Waals surface area contributed by atoms with E-state index in [1.807, 2.05) is 0 Å². The number of nitrogens with one attached hydrogen (secondary N) is 3. The first-order chi connectivity index (χ1) is 9.97.